The average Bonchev–Trinajstić information content (AvgIpc) is 3.16. The molecule has 0 spiro atoms. The minimum Gasteiger partial charge on any atom is -0.352 e. The largest absolute Gasteiger partial charge is 0.352 e. The molecule has 26 heavy (non-hydrogen) atoms. The van der Waals surface area contributed by atoms with Gasteiger partial charge in [-0.05, 0) is 41.8 Å². The summed E-state index contributed by atoms with van der Waals surface area (Å²) < 4.78 is 0. The molecule has 0 saturated heterocycles. The first-order valence-corrected chi connectivity index (χ1v) is 8.65. The van der Waals surface area contributed by atoms with Crippen LogP contribution < -0.4 is 5.32 Å². The van der Waals surface area contributed by atoms with Crippen LogP contribution in [0.1, 0.15) is 15.9 Å². The predicted molar refractivity (Wildman–Crippen MR) is 104 cm³/mol. The molecule has 4 rings (SSSR count). The van der Waals surface area contributed by atoms with Crippen LogP contribution in [0.15, 0.2) is 79.1 Å². The van der Waals surface area contributed by atoms with Crippen molar-refractivity contribution in [3.8, 4) is 11.1 Å². The van der Waals surface area contributed by atoms with Crippen molar-refractivity contribution >= 4 is 16.9 Å². The lowest BCUT2D eigenvalue weighted by Gasteiger charge is -2.08. The Morgan fingerprint density at radius 3 is 2.73 bits per heavy atom. The summed E-state index contributed by atoms with van der Waals surface area (Å²) in [5.41, 5.74) is 4.72. The van der Waals surface area contributed by atoms with Crippen LogP contribution in [0.5, 0.6) is 0 Å². The molecule has 4 heteroatoms. The standard InChI is InChI=1S/C22H19N3O/c26-22(24-11-9-16-5-2-1-3-6-16)19-8-4-7-17(13-19)20-14-18-10-12-23-21(18)25-15-20/h1-8,10,12-15H,9,11H2,(H,23,25)(H,24,26). The third-order valence-electron chi connectivity index (χ3n) is 4.40. The summed E-state index contributed by atoms with van der Waals surface area (Å²) in [4.78, 5) is 20.0. The Hall–Kier alpha value is -3.40. The van der Waals surface area contributed by atoms with Crippen molar-refractivity contribution in [2.24, 2.45) is 0 Å². The highest BCUT2D eigenvalue weighted by molar-refractivity contribution is 5.95. The van der Waals surface area contributed by atoms with Gasteiger partial charge in [-0.15, -0.1) is 0 Å². The van der Waals surface area contributed by atoms with Gasteiger partial charge in [0.1, 0.15) is 5.65 Å². The first kappa shape index (κ1) is 16.1. The van der Waals surface area contributed by atoms with E-state index in [1.54, 1.807) is 0 Å². The van der Waals surface area contributed by atoms with Crippen molar-refractivity contribution in [1.29, 1.82) is 0 Å². The van der Waals surface area contributed by atoms with E-state index in [1.807, 2.05) is 60.9 Å². The predicted octanol–water partition coefficient (Wildman–Crippen LogP) is 4.20. The third-order valence-corrected chi connectivity index (χ3v) is 4.40. The monoisotopic (exact) mass is 341 g/mol. The second kappa shape index (κ2) is 7.23. The minimum absolute atomic E-state index is 0.0570. The quantitative estimate of drug-likeness (QED) is 0.571. The van der Waals surface area contributed by atoms with Gasteiger partial charge in [-0.2, -0.15) is 0 Å². The summed E-state index contributed by atoms with van der Waals surface area (Å²) in [5.74, 6) is -0.0570. The molecule has 2 heterocycles. The first-order chi connectivity index (χ1) is 12.8. The molecular weight excluding hydrogens is 322 g/mol. The number of nitrogens with one attached hydrogen (secondary N) is 2. The normalized spacial score (nSPS) is 10.8. The molecule has 4 aromatic rings. The van der Waals surface area contributed by atoms with Crippen molar-refractivity contribution in [2.75, 3.05) is 6.54 Å². The van der Waals surface area contributed by atoms with Crippen LogP contribution in [0.25, 0.3) is 22.2 Å². The summed E-state index contributed by atoms with van der Waals surface area (Å²) in [6, 6.07) is 21.9. The molecule has 0 aliphatic heterocycles. The van der Waals surface area contributed by atoms with Gasteiger partial charge < -0.3 is 10.3 Å². The molecule has 0 bridgehead atoms. The lowest BCUT2D eigenvalue weighted by atomic mass is 10.0. The van der Waals surface area contributed by atoms with Crippen LogP contribution in [0.4, 0.5) is 0 Å². The molecule has 0 atom stereocenters. The number of pyridine rings is 1. The van der Waals surface area contributed by atoms with Crippen molar-refractivity contribution in [2.45, 2.75) is 6.42 Å². The number of hydrogen-bond donors (Lipinski definition) is 2. The zero-order valence-electron chi connectivity index (χ0n) is 14.3. The van der Waals surface area contributed by atoms with E-state index in [4.69, 9.17) is 0 Å². The van der Waals surface area contributed by atoms with Crippen molar-refractivity contribution in [3.05, 3.63) is 90.3 Å². The molecule has 1 amide bonds. The Morgan fingerprint density at radius 1 is 0.962 bits per heavy atom. The number of benzene rings is 2. The number of rotatable bonds is 5. The molecule has 0 unspecified atom stereocenters. The van der Waals surface area contributed by atoms with Gasteiger partial charge in [-0.3, -0.25) is 4.79 Å². The number of carbonyl (C=O) groups excluding carboxylic acids is 1. The number of carbonyl (C=O) groups is 1. The molecule has 128 valence electrons. The van der Waals surface area contributed by atoms with Crippen LogP contribution in [0.2, 0.25) is 0 Å². The minimum atomic E-state index is -0.0570. The summed E-state index contributed by atoms with van der Waals surface area (Å²) in [5, 5.41) is 4.05. The molecule has 0 aliphatic rings. The fraction of sp³-hybridized carbons (Fsp3) is 0.0909. The summed E-state index contributed by atoms with van der Waals surface area (Å²) in [6.07, 6.45) is 4.52. The number of aromatic amines is 1. The van der Waals surface area contributed by atoms with Crippen LogP contribution in [0.3, 0.4) is 0 Å². The highest BCUT2D eigenvalue weighted by Gasteiger charge is 2.08. The van der Waals surface area contributed by atoms with E-state index < -0.39 is 0 Å². The lowest BCUT2D eigenvalue weighted by molar-refractivity contribution is 0.0954. The Kier molecular flexibility index (Phi) is 4.48. The molecule has 2 aromatic carbocycles. The number of hydrogen-bond acceptors (Lipinski definition) is 2. The fourth-order valence-electron chi connectivity index (χ4n) is 3.00. The van der Waals surface area contributed by atoms with E-state index in [1.165, 1.54) is 5.56 Å². The Balaban J connectivity index is 1.47. The van der Waals surface area contributed by atoms with Crippen molar-refractivity contribution in [3.63, 3.8) is 0 Å². The van der Waals surface area contributed by atoms with Gasteiger partial charge in [0, 0.05) is 35.5 Å². The smallest absolute Gasteiger partial charge is 0.251 e. The zero-order valence-corrected chi connectivity index (χ0v) is 14.3. The van der Waals surface area contributed by atoms with E-state index in [0.29, 0.717) is 12.1 Å². The highest BCUT2D eigenvalue weighted by atomic mass is 16.1. The maximum atomic E-state index is 12.5. The fourth-order valence-corrected chi connectivity index (χ4v) is 3.00. The summed E-state index contributed by atoms with van der Waals surface area (Å²) in [6.45, 7) is 0.615. The van der Waals surface area contributed by atoms with E-state index in [2.05, 4.69) is 33.5 Å². The maximum absolute atomic E-state index is 12.5. The molecule has 2 N–H and O–H groups in total. The Bertz CT molecular complexity index is 1040. The van der Waals surface area contributed by atoms with Crippen LogP contribution in [-0.4, -0.2) is 22.4 Å². The SMILES string of the molecule is O=C(NCCc1ccccc1)c1cccc(-c2cnc3[nH]ccc3c2)c1. The van der Waals surface area contributed by atoms with Gasteiger partial charge in [0.2, 0.25) is 0 Å². The zero-order chi connectivity index (χ0) is 17.8. The van der Waals surface area contributed by atoms with Gasteiger partial charge >= 0.3 is 0 Å². The second-order valence-electron chi connectivity index (χ2n) is 6.21. The van der Waals surface area contributed by atoms with Gasteiger partial charge in [0.15, 0.2) is 0 Å². The van der Waals surface area contributed by atoms with Crippen molar-refractivity contribution < 1.29 is 4.79 Å². The Labute approximate surface area is 151 Å². The van der Waals surface area contributed by atoms with Gasteiger partial charge in [0.25, 0.3) is 5.91 Å². The molecule has 2 aromatic heterocycles. The van der Waals surface area contributed by atoms with Crippen LogP contribution in [-0.2, 0) is 6.42 Å². The molecular formula is C22H19N3O. The van der Waals surface area contributed by atoms with Crippen LogP contribution in [0, 0.1) is 0 Å². The topological polar surface area (TPSA) is 57.8 Å². The van der Waals surface area contributed by atoms with Gasteiger partial charge in [-0.25, -0.2) is 4.98 Å². The highest BCUT2D eigenvalue weighted by Crippen LogP contribution is 2.23. The van der Waals surface area contributed by atoms with E-state index in [0.717, 1.165) is 28.6 Å². The lowest BCUT2D eigenvalue weighted by Crippen LogP contribution is -2.25. The molecule has 0 aliphatic carbocycles. The number of nitrogens with zero attached hydrogens (tertiary/aromatic N) is 1. The van der Waals surface area contributed by atoms with Gasteiger partial charge in [-0.1, -0.05) is 42.5 Å². The van der Waals surface area contributed by atoms with Crippen molar-refractivity contribution in [1.82, 2.24) is 15.3 Å². The molecule has 4 nitrogen and oxygen atoms in total. The molecule has 0 radical (unpaired) electrons. The van der Waals surface area contributed by atoms with Gasteiger partial charge in [0.05, 0.1) is 0 Å². The number of aromatic nitrogens is 2. The van der Waals surface area contributed by atoms with E-state index in [-0.39, 0.29) is 5.91 Å². The number of H-pyrrole nitrogens is 1. The molecule has 0 saturated carbocycles. The second-order valence-corrected chi connectivity index (χ2v) is 6.21. The third kappa shape index (κ3) is 3.49. The maximum Gasteiger partial charge on any atom is 0.251 e. The summed E-state index contributed by atoms with van der Waals surface area (Å²) in [7, 11) is 0. The van der Waals surface area contributed by atoms with E-state index >= 15 is 0 Å². The first-order valence-electron chi connectivity index (χ1n) is 8.65. The Morgan fingerprint density at radius 2 is 1.85 bits per heavy atom. The average molecular weight is 341 g/mol. The number of amides is 1. The van der Waals surface area contributed by atoms with Crippen LogP contribution >= 0.6 is 0 Å². The molecule has 0 fully saturated rings. The summed E-state index contributed by atoms with van der Waals surface area (Å²) >= 11 is 0. The number of fused-ring (bicyclic) bond motifs is 1. The van der Waals surface area contributed by atoms with E-state index in [9.17, 15) is 4.79 Å².